The lowest BCUT2D eigenvalue weighted by Crippen LogP contribution is -2.36. The van der Waals surface area contributed by atoms with Gasteiger partial charge in [0.1, 0.15) is 19.5 Å². The first-order valence-electron chi connectivity index (χ1n) is 7.57. The fourth-order valence-electron chi connectivity index (χ4n) is 2.71. The fourth-order valence-corrected chi connectivity index (χ4v) is 2.71. The maximum absolute atomic E-state index is 12.2. The van der Waals surface area contributed by atoms with Crippen LogP contribution in [-0.4, -0.2) is 39.8 Å². The van der Waals surface area contributed by atoms with Gasteiger partial charge in [0.2, 0.25) is 17.8 Å². The Labute approximate surface area is 137 Å². The minimum atomic E-state index is -0.489. The predicted octanol–water partition coefficient (Wildman–Crippen LogP) is 0.646. The normalized spacial score (nSPS) is 18.5. The SMILES string of the molecule is O=C(C[C@@H]1Cn2ncnc2NC1=O)Nc1ccc2c(c1)OCCO2. The third-order valence-electron chi connectivity index (χ3n) is 3.87. The highest BCUT2D eigenvalue weighted by atomic mass is 16.6. The van der Waals surface area contributed by atoms with Crippen molar-refractivity contribution in [2.45, 2.75) is 13.0 Å². The zero-order chi connectivity index (χ0) is 16.5. The number of aromatic nitrogens is 3. The topological polar surface area (TPSA) is 107 Å². The number of benzene rings is 1. The van der Waals surface area contributed by atoms with Crippen molar-refractivity contribution in [1.29, 1.82) is 0 Å². The van der Waals surface area contributed by atoms with E-state index in [9.17, 15) is 9.59 Å². The van der Waals surface area contributed by atoms with Gasteiger partial charge in [0, 0.05) is 18.2 Å². The number of carbonyl (C=O) groups is 2. The van der Waals surface area contributed by atoms with Gasteiger partial charge in [-0.2, -0.15) is 10.1 Å². The summed E-state index contributed by atoms with van der Waals surface area (Å²) in [6, 6.07) is 5.20. The highest BCUT2D eigenvalue weighted by Crippen LogP contribution is 2.32. The van der Waals surface area contributed by atoms with Crippen LogP contribution in [0.1, 0.15) is 6.42 Å². The Morgan fingerprint density at radius 3 is 3.04 bits per heavy atom. The van der Waals surface area contributed by atoms with Gasteiger partial charge in [0.05, 0.1) is 12.5 Å². The number of nitrogens with zero attached hydrogens (tertiary/aromatic N) is 3. The summed E-state index contributed by atoms with van der Waals surface area (Å²) in [6.07, 6.45) is 1.42. The summed E-state index contributed by atoms with van der Waals surface area (Å²) in [6.45, 7) is 1.32. The lowest BCUT2D eigenvalue weighted by atomic mass is 10.0. The molecule has 2 N–H and O–H groups in total. The van der Waals surface area contributed by atoms with Crippen molar-refractivity contribution in [2.24, 2.45) is 5.92 Å². The van der Waals surface area contributed by atoms with Crippen LogP contribution in [0.4, 0.5) is 11.6 Å². The van der Waals surface area contributed by atoms with Crippen molar-refractivity contribution in [2.75, 3.05) is 23.8 Å². The van der Waals surface area contributed by atoms with Gasteiger partial charge in [-0.25, -0.2) is 4.68 Å². The molecule has 1 atom stereocenters. The van der Waals surface area contributed by atoms with Gasteiger partial charge in [-0.1, -0.05) is 0 Å². The van der Waals surface area contributed by atoms with Crippen molar-refractivity contribution in [1.82, 2.24) is 14.8 Å². The van der Waals surface area contributed by atoms with Crippen LogP contribution in [0.5, 0.6) is 11.5 Å². The zero-order valence-corrected chi connectivity index (χ0v) is 12.7. The van der Waals surface area contributed by atoms with Crippen LogP contribution in [-0.2, 0) is 16.1 Å². The molecule has 3 heterocycles. The average Bonchev–Trinajstić information content (AvgIpc) is 3.02. The van der Waals surface area contributed by atoms with E-state index in [-0.39, 0.29) is 18.2 Å². The molecule has 0 unspecified atom stereocenters. The van der Waals surface area contributed by atoms with Crippen LogP contribution >= 0.6 is 0 Å². The number of rotatable bonds is 3. The minimum absolute atomic E-state index is 0.0551. The molecule has 4 rings (SSSR count). The molecular weight excluding hydrogens is 314 g/mol. The van der Waals surface area contributed by atoms with E-state index in [2.05, 4.69) is 20.7 Å². The van der Waals surface area contributed by atoms with E-state index in [1.807, 2.05) is 0 Å². The number of hydrogen-bond acceptors (Lipinski definition) is 6. The lowest BCUT2D eigenvalue weighted by Gasteiger charge is -2.22. The number of anilines is 2. The zero-order valence-electron chi connectivity index (χ0n) is 12.7. The Kier molecular flexibility index (Phi) is 3.52. The van der Waals surface area contributed by atoms with Crippen LogP contribution in [0, 0.1) is 5.92 Å². The van der Waals surface area contributed by atoms with E-state index >= 15 is 0 Å². The summed E-state index contributed by atoms with van der Waals surface area (Å²) in [5, 5.41) is 9.42. The van der Waals surface area contributed by atoms with E-state index in [1.54, 1.807) is 22.9 Å². The summed E-state index contributed by atoms with van der Waals surface area (Å²) >= 11 is 0. The first kappa shape index (κ1) is 14.5. The van der Waals surface area contributed by atoms with Gasteiger partial charge in [-0.05, 0) is 12.1 Å². The van der Waals surface area contributed by atoms with E-state index in [0.717, 1.165) is 0 Å². The summed E-state index contributed by atoms with van der Waals surface area (Å²) in [5.41, 5.74) is 0.599. The largest absolute Gasteiger partial charge is 0.486 e. The molecule has 124 valence electrons. The summed E-state index contributed by atoms with van der Waals surface area (Å²) in [7, 11) is 0. The van der Waals surface area contributed by atoms with Crippen LogP contribution in [0.15, 0.2) is 24.5 Å². The molecule has 2 aliphatic heterocycles. The van der Waals surface area contributed by atoms with Crippen LogP contribution < -0.4 is 20.1 Å². The molecule has 1 aromatic heterocycles. The van der Waals surface area contributed by atoms with Crippen LogP contribution in [0.25, 0.3) is 0 Å². The quantitative estimate of drug-likeness (QED) is 0.856. The lowest BCUT2D eigenvalue weighted by molar-refractivity contribution is -0.125. The molecule has 2 aromatic rings. The number of hydrogen-bond donors (Lipinski definition) is 2. The Bertz CT molecular complexity index is 803. The van der Waals surface area contributed by atoms with Gasteiger partial charge < -0.3 is 14.8 Å². The second-order valence-electron chi connectivity index (χ2n) is 5.56. The molecule has 2 amide bonds. The Hall–Kier alpha value is -3.10. The molecule has 0 spiro atoms. The van der Waals surface area contributed by atoms with Crippen molar-refractivity contribution in [3.63, 3.8) is 0 Å². The van der Waals surface area contributed by atoms with Gasteiger partial charge in [0.25, 0.3) is 0 Å². The molecule has 9 heteroatoms. The number of ether oxygens (including phenoxy) is 2. The number of carbonyl (C=O) groups excluding carboxylic acids is 2. The molecule has 0 fully saturated rings. The Morgan fingerprint density at radius 1 is 1.33 bits per heavy atom. The molecule has 0 saturated heterocycles. The first-order chi connectivity index (χ1) is 11.7. The Morgan fingerprint density at radius 2 is 2.17 bits per heavy atom. The van der Waals surface area contributed by atoms with E-state index in [1.165, 1.54) is 6.33 Å². The fraction of sp³-hybridized carbons (Fsp3) is 0.333. The molecule has 9 nitrogen and oxygen atoms in total. The molecule has 1 aromatic carbocycles. The van der Waals surface area contributed by atoms with Crippen molar-refractivity contribution < 1.29 is 19.1 Å². The number of amides is 2. The second-order valence-corrected chi connectivity index (χ2v) is 5.56. The van der Waals surface area contributed by atoms with E-state index < -0.39 is 5.92 Å². The summed E-state index contributed by atoms with van der Waals surface area (Å²) < 4.78 is 12.5. The molecule has 0 saturated carbocycles. The van der Waals surface area contributed by atoms with Crippen molar-refractivity contribution in [3.05, 3.63) is 24.5 Å². The van der Waals surface area contributed by atoms with Gasteiger partial charge in [-0.3, -0.25) is 14.9 Å². The van der Waals surface area contributed by atoms with Gasteiger partial charge in [0.15, 0.2) is 11.5 Å². The monoisotopic (exact) mass is 329 g/mol. The van der Waals surface area contributed by atoms with Crippen molar-refractivity contribution >= 4 is 23.5 Å². The third-order valence-corrected chi connectivity index (χ3v) is 3.87. The second kappa shape index (κ2) is 5.84. The Balaban J connectivity index is 1.41. The average molecular weight is 329 g/mol. The van der Waals surface area contributed by atoms with E-state index in [0.29, 0.717) is 42.9 Å². The van der Waals surface area contributed by atoms with Gasteiger partial charge in [-0.15, -0.1) is 0 Å². The maximum atomic E-state index is 12.2. The summed E-state index contributed by atoms with van der Waals surface area (Å²) in [4.78, 5) is 28.2. The molecule has 24 heavy (non-hydrogen) atoms. The number of nitrogens with one attached hydrogen (secondary N) is 2. The highest BCUT2D eigenvalue weighted by molar-refractivity contribution is 5.98. The molecule has 0 bridgehead atoms. The first-order valence-corrected chi connectivity index (χ1v) is 7.57. The third kappa shape index (κ3) is 2.75. The van der Waals surface area contributed by atoms with Crippen LogP contribution in [0.3, 0.4) is 0 Å². The summed E-state index contributed by atoms with van der Waals surface area (Å²) in [5.74, 6) is 0.689. The molecule has 0 aliphatic carbocycles. The number of fused-ring (bicyclic) bond motifs is 2. The van der Waals surface area contributed by atoms with Gasteiger partial charge >= 0.3 is 0 Å². The molecular formula is C15H15N5O4. The highest BCUT2D eigenvalue weighted by Gasteiger charge is 2.29. The smallest absolute Gasteiger partial charge is 0.232 e. The predicted molar refractivity (Wildman–Crippen MR) is 82.8 cm³/mol. The van der Waals surface area contributed by atoms with Crippen molar-refractivity contribution in [3.8, 4) is 11.5 Å². The molecule has 0 radical (unpaired) electrons. The van der Waals surface area contributed by atoms with Crippen LogP contribution in [0.2, 0.25) is 0 Å². The minimum Gasteiger partial charge on any atom is -0.486 e. The van der Waals surface area contributed by atoms with E-state index in [4.69, 9.17) is 9.47 Å². The molecule has 2 aliphatic rings. The standard InChI is InChI=1S/C15H15N5O4/c21-13(5-9-7-20-15(16-8-17-20)19-14(9)22)18-10-1-2-11-12(6-10)24-4-3-23-11/h1-2,6,8-9H,3-5,7H2,(H,18,21)(H,16,17,19,22)/t9-/m1/s1. The maximum Gasteiger partial charge on any atom is 0.232 e.